The molecule has 0 aromatic heterocycles. The summed E-state index contributed by atoms with van der Waals surface area (Å²) < 4.78 is 26.3. The summed E-state index contributed by atoms with van der Waals surface area (Å²) in [6.07, 6.45) is 2.31. The summed E-state index contributed by atoms with van der Waals surface area (Å²) in [6.45, 7) is 3.54. The molecule has 2 atom stereocenters. The van der Waals surface area contributed by atoms with Crippen LogP contribution in [0.3, 0.4) is 0 Å². The highest BCUT2D eigenvalue weighted by atomic mass is 19.2. The van der Waals surface area contributed by atoms with Gasteiger partial charge in [-0.25, -0.2) is 8.78 Å². The standard InChI is InChI=1S/C15H20F2N2O/c1-15(2,10-4-6-12(16)13(17)8-10)19-14(20)9-3-5-11(18)7-9/h4,6,8-9,11H,3,5,7,18H2,1-2H3,(H,19,20). The van der Waals surface area contributed by atoms with E-state index < -0.39 is 17.2 Å². The number of benzene rings is 1. The summed E-state index contributed by atoms with van der Waals surface area (Å²) in [5, 5.41) is 2.90. The van der Waals surface area contributed by atoms with Gasteiger partial charge in [0.15, 0.2) is 11.6 Å². The van der Waals surface area contributed by atoms with Gasteiger partial charge in [0, 0.05) is 12.0 Å². The molecule has 1 fully saturated rings. The minimum Gasteiger partial charge on any atom is -0.347 e. The number of amides is 1. The number of nitrogens with one attached hydrogen (secondary N) is 1. The lowest BCUT2D eigenvalue weighted by Gasteiger charge is -2.28. The molecule has 3 N–H and O–H groups in total. The summed E-state index contributed by atoms with van der Waals surface area (Å²) in [5.74, 6) is -1.97. The minimum absolute atomic E-state index is 0.0762. The number of rotatable bonds is 3. The molecule has 1 aliphatic carbocycles. The summed E-state index contributed by atoms with van der Waals surface area (Å²) in [4.78, 5) is 12.2. The molecular formula is C15H20F2N2O. The van der Waals surface area contributed by atoms with Crippen molar-refractivity contribution in [1.82, 2.24) is 5.32 Å². The molecule has 110 valence electrons. The quantitative estimate of drug-likeness (QED) is 0.894. The monoisotopic (exact) mass is 282 g/mol. The minimum atomic E-state index is -0.910. The molecule has 1 saturated carbocycles. The molecule has 0 saturated heterocycles. The van der Waals surface area contributed by atoms with Crippen LogP contribution < -0.4 is 11.1 Å². The van der Waals surface area contributed by atoms with Gasteiger partial charge in [-0.2, -0.15) is 0 Å². The lowest BCUT2D eigenvalue weighted by atomic mass is 9.92. The number of halogens is 2. The van der Waals surface area contributed by atoms with Crippen molar-refractivity contribution in [1.29, 1.82) is 0 Å². The van der Waals surface area contributed by atoms with Crippen LogP contribution in [-0.2, 0) is 10.3 Å². The second kappa shape index (κ2) is 5.48. The zero-order valence-electron chi connectivity index (χ0n) is 11.7. The van der Waals surface area contributed by atoms with Crippen molar-refractivity contribution in [3.63, 3.8) is 0 Å². The number of hydrogen-bond acceptors (Lipinski definition) is 2. The fraction of sp³-hybridized carbons (Fsp3) is 0.533. The van der Waals surface area contributed by atoms with E-state index in [-0.39, 0.29) is 17.9 Å². The van der Waals surface area contributed by atoms with Crippen LogP contribution in [-0.4, -0.2) is 11.9 Å². The van der Waals surface area contributed by atoms with Crippen LogP contribution >= 0.6 is 0 Å². The molecule has 3 nitrogen and oxygen atoms in total. The number of hydrogen-bond donors (Lipinski definition) is 2. The highest BCUT2D eigenvalue weighted by Crippen LogP contribution is 2.27. The normalized spacial score (nSPS) is 22.9. The molecule has 1 aliphatic rings. The van der Waals surface area contributed by atoms with E-state index in [2.05, 4.69) is 5.32 Å². The van der Waals surface area contributed by atoms with Crippen LogP contribution in [0.4, 0.5) is 8.78 Å². The van der Waals surface area contributed by atoms with E-state index in [4.69, 9.17) is 5.73 Å². The van der Waals surface area contributed by atoms with E-state index in [9.17, 15) is 13.6 Å². The molecule has 1 aromatic carbocycles. The Kier molecular flexibility index (Phi) is 4.09. The Balaban J connectivity index is 2.10. The number of carbonyl (C=O) groups is 1. The van der Waals surface area contributed by atoms with E-state index in [1.807, 2.05) is 0 Å². The molecule has 0 radical (unpaired) electrons. The Morgan fingerprint density at radius 3 is 2.55 bits per heavy atom. The van der Waals surface area contributed by atoms with Gasteiger partial charge in [0.25, 0.3) is 0 Å². The maximum atomic E-state index is 13.3. The fourth-order valence-electron chi connectivity index (χ4n) is 2.62. The second-order valence-electron chi connectivity index (χ2n) is 6.01. The van der Waals surface area contributed by atoms with Crippen molar-refractivity contribution < 1.29 is 13.6 Å². The van der Waals surface area contributed by atoms with Crippen molar-refractivity contribution in [3.8, 4) is 0 Å². The largest absolute Gasteiger partial charge is 0.347 e. The lowest BCUT2D eigenvalue weighted by molar-refractivity contribution is -0.126. The topological polar surface area (TPSA) is 55.1 Å². The summed E-state index contributed by atoms with van der Waals surface area (Å²) in [5.41, 5.74) is 5.59. The lowest BCUT2D eigenvalue weighted by Crippen LogP contribution is -2.43. The first-order chi connectivity index (χ1) is 9.29. The Morgan fingerprint density at radius 1 is 1.30 bits per heavy atom. The average Bonchev–Trinajstić information content (AvgIpc) is 2.79. The van der Waals surface area contributed by atoms with Gasteiger partial charge in [-0.15, -0.1) is 0 Å². The van der Waals surface area contributed by atoms with Gasteiger partial charge in [-0.3, -0.25) is 4.79 Å². The summed E-state index contributed by atoms with van der Waals surface area (Å²) in [6, 6.07) is 3.76. The van der Waals surface area contributed by atoms with Crippen molar-refractivity contribution in [3.05, 3.63) is 35.4 Å². The Morgan fingerprint density at radius 2 is 2.00 bits per heavy atom. The molecule has 20 heavy (non-hydrogen) atoms. The van der Waals surface area contributed by atoms with E-state index in [1.165, 1.54) is 6.07 Å². The van der Waals surface area contributed by atoms with Gasteiger partial charge in [0.05, 0.1) is 5.54 Å². The Bertz CT molecular complexity index is 517. The molecule has 0 spiro atoms. The van der Waals surface area contributed by atoms with Crippen LogP contribution in [0.1, 0.15) is 38.7 Å². The first-order valence-corrected chi connectivity index (χ1v) is 6.83. The van der Waals surface area contributed by atoms with Crippen molar-refractivity contribution in [2.75, 3.05) is 0 Å². The highest BCUT2D eigenvalue weighted by Gasteiger charge is 2.32. The predicted molar refractivity (Wildman–Crippen MR) is 72.8 cm³/mol. The molecule has 2 rings (SSSR count). The Labute approximate surface area is 117 Å². The zero-order valence-corrected chi connectivity index (χ0v) is 11.7. The van der Waals surface area contributed by atoms with Crippen molar-refractivity contribution in [2.45, 2.75) is 44.7 Å². The molecule has 0 heterocycles. The first kappa shape index (κ1) is 14.9. The van der Waals surface area contributed by atoms with Crippen molar-refractivity contribution >= 4 is 5.91 Å². The molecule has 2 unspecified atom stereocenters. The second-order valence-corrected chi connectivity index (χ2v) is 6.01. The van der Waals surface area contributed by atoms with Crippen LogP contribution in [0.5, 0.6) is 0 Å². The van der Waals surface area contributed by atoms with E-state index in [1.54, 1.807) is 13.8 Å². The van der Waals surface area contributed by atoms with Gasteiger partial charge < -0.3 is 11.1 Å². The third kappa shape index (κ3) is 3.15. The van der Waals surface area contributed by atoms with Crippen molar-refractivity contribution in [2.24, 2.45) is 11.7 Å². The third-order valence-electron chi connectivity index (χ3n) is 3.92. The van der Waals surface area contributed by atoms with Gasteiger partial charge in [0.2, 0.25) is 5.91 Å². The van der Waals surface area contributed by atoms with Crippen LogP contribution in [0.2, 0.25) is 0 Å². The van der Waals surface area contributed by atoms with E-state index >= 15 is 0 Å². The van der Waals surface area contributed by atoms with Gasteiger partial charge >= 0.3 is 0 Å². The third-order valence-corrected chi connectivity index (χ3v) is 3.92. The molecule has 0 bridgehead atoms. The highest BCUT2D eigenvalue weighted by molar-refractivity contribution is 5.80. The van der Waals surface area contributed by atoms with Crippen LogP contribution in [0.15, 0.2) is 18.2 Å². The van der Waals surface area contributed by atoms with Gasteiger partial charge in [-0.1, -0.05) is 6.07 Å². The Hall–Kier alpha value is -1.49. The van der Waals surface area contributed by atoms with Crippen LogP contribution in [0, 0.1) is 17.6 Å². The summed E-state index contributed by atoms with van der Waals surface area (Å²) in [7, 11) is 0. The maximum Gasteiger partial charge on any atom is 0.223 e. The molecular weight excluding hydrogens is 262 g/mol. The number of carbonyl (C=O) groups excluding carboxylic acids is 1. The molecule has 5 heteroatoms. The zero-order chi connectivity index (χ0) is 14.9. The van der Waals surface area contributed by atoms with E-state index in [0.29, 0.717) is 12.0 Å². The average molecular weight is 282 g/mol. The van der Waals surface area contributed by atoms with Crippen LogP contribution in [0.25, 0.3) is 0 Å². The fourth-order valence-corrected chi connectivity index (χ4v) is 2.62. The number of nitrogens with two attached hydrogens (primary N) is 1. The molecule has 1 aromatic rings. The molecule has 1 amide bonds. The smallest absolute Gasteiger partial charge is 0.223 e. The summed E-state index contributed by atoms with van der Waals surface area (Å²) >= 11 is 0. The SMILES string of the molecule is CC(C)(NC(=O)C1CCC(N)C1)c1ccc(F)c(F)c1. The van der Waals surface area contributed by atoms with Gasteiger partial charge in [-0.05, 0) is 50.8 Å². The van der Waals surface area contributed by atoms with E-state index in [0.717, 1.165) is 25.0 Å². The molecule has 0 aliphatic heterocycles. The predicted octanol–water partition coefficient (Wildman–Crippen LogP) is 2.44. The van der Waals surface area contributed by atoms with Gasteiger partial charge in [0.1, 0.15) is 0 Å². The first-order valence-electron chi connectivity index (χ1n) is 6.83. The maximum absolute atomic E-state index is 13.3.